The average Bonchev–Trinajstić information content (AvgIpc) is 2.33. The molecule has 0 aromatic carbocycles. The van der Waals surface area contributed by atoms with Crippen molar-refractivity contribution in [2.75, 3.05) is 19.6 Å². The molecule has 1 saturated heterocycles. The van der Waals surface area contributed by atoms with E-state index in [1.807, 2.05) is 6.92 Å². The Bertz CT molecular complexity index is 344. The molecular formula is C18H34N2O. The molecule has 122 valence electrons. The number of hydrogen-bond acceptors (Lipinski definition) is 2. The number of amides is 1. The lowest BCUT2D eigenvalue weighted by atomic mass is 9.79. The Hall–Kier alpha value is -0.570. The molecular weight excluding hydrogens is 260 g/mol. The summed E-state index contributed by atoms with van der Waals surface area (Å²) in [5, 5.41) is 3.75. The van der Waals surface area contributed by atoms with Crippen LogP contribution in [-0.4, -0.2) is 36.5 Å². The first-order valence-electron chi connectivity index (χ1n) is 8.88. The number of carbonyl (C=O) groups excluding carboxylic acids is 1. The van der Waals surface area contributed by atoms with Gasteiger partial charge in [0.1, 0.15) is 0 Å². The highest BCUT2D eigenvalue weighted by atomic mass is 16.2. The van der Waals surface area contributed by atoms with Crippen molar-refractivity contribution in [2.24, 2.45) is 17.3 Å². The van der Waals surface area contributed by atoms with Gasteiger partial charge in [-0.25, -0.2) is 0 Å². The molecule has 3 nitrogen and oxygen atoms in total. The minimum atomic E-state index is 0.323. The van der Waals surface area contributed by atoms with E-state index < -0.39 is 0 Å². The Morgan fingerprint density at radius 1 is 1.19 bits per heavy atom. The van der Waals surface area contributed by atoms with Crippen LogP contribution in [0.3, 0.4) is 0 Å². The highest BCUT2D eigenvalue weighted by Crippen LogP contribution is 2.31. The Morgan fingerprint density at radius 3 is 2.43 bits per heavy atom. The van der Waals surface area contributed by atoms with Gasteiger partial charge in [0.05, 0.1) is 0 Å². The second kappa shape index (κ2) is 7.13. The molecule has 0 radical (unpaired) electrons. The van der Waals surface area contributed by atoms with Crippen LogP contribution in [0.2, 0.25) is 0 Å². The van der Waals surface area contributed by atoms with Crippen LogP contribution in [0.15, 0.2) is 0 Å². The summed E-state index contributed by atoms with van der Waals surface area (Å²) < 4.78 is 0. The number of likely N-dealkylation sites (tertiary alicyclic amines) is 1. The van der Waals surface area contributed by atoms with Gasteiger partial charge in [0.2, 0.25) is 5.91 Å². The molecule has 0 bridgehead atoms. The lowest BCUT2D eigenvalue weighted by Gasteiger charge is -2.41. The van der Waals surface area contributed by atoms with E-state index >= 15 is 0 Å². The molecule has 1 amide bonds. The molecule has 2 unspecified atom stereocenters. The molecule has 1 N–H and O–H groups in total. The second-order valence-electron chi connectivity index (χ2n) is 8.42. The monoisotopic (exact) mass is 294 g/mol. The molecule has 2 fully saturated rings. The van der Waals surface area contributed by atoms with Gasteiger partial charge in [-0.15, -0.1) is 0 Å². The van der Waals surface area contributed by atoms with Crippen LogP contribution in [0.4, 0.5) is 0 Å². The van der Waals surface area contributed by atoms with Crippen LogP contribution in [-0.2, 0) is 4.79 Å². The summed E-state index contributed by atoms with van der Waals surface area (Å²) in [6.07, 6.45) is 7.27. The lowest BCUT2D eigenvalue weighted by molar-refractivity contribution is -0.133. The summed E-state index contributed by atoms with van der Waals surface area (Å²) >= 11 is 0. The van der Waals surface area contributed by atoms with Crippen LogP contribution in [0.5, 0.6) is 0 Å². The van der Waals surface area contributed by atoms with Crippen molar-refractivity contribution < 1.29 is 4.79 Å². The van der Waals surface area contributed by atoms with Crippen LogP contribution in [0.25, 0.3) is 0 Å². The maximum atomic E-state index is 12.1. The first-order chi connectivity index (χ1) is 9.87. The Morgan fingerprint density at radius 2 is 1.90 bits per heavy atom. The number of nitrogens with one attached hydrogen (secondary N) is 1. The second-order valence-corrected chi connectivity index (χ2v) is 8.42. The minimum Gasteiger partial charge on any atom is -0.341 e. The topological polar surface area (TPSA) is 32.3 Å². The standard InChI is InChI=1S/C18H34N2O/c1-5-17(21)20-12-15(10-18(2,3)4)9-16(13-20)19-11-14-7-6-8-14/h14-16,19H,5-13H2,1-4H3. The first-order valence-corrected chi connectivity index (χ1v) is 8.88. The SMILES string of the molecule is CCC(=O)N1CC(CC(C)(C)C)CC(NCC2CCC2)C1. The van der Waals surface area contributed by atoms with Crippen molar-refractivity contribution in [3.05, 3.63) is 0 Å². The maximum absolute atomic E-state index is 12.1. The van der Waals surface area contributed by atoms with Crippen molar-refractivity contribution in [3.8, 4) is 0 Å². The predicted molar refractivity (Wildman–Crippen MR) is 88.2 cm³/mol. The molecule has 2 aliphatic rings. The van der Waals surface area contributed by atoms with Crippen LogP contribution in [0.1, 0.15) is 66.2 Å². The number of rotatable bonds is 5. The smallest absolute Gasteiger partial charge is 0.222 e. The van der Waals surface area contributed by atoms with Gasteiger partial charge in [-0.1, -0.05) is 34.1 Å². The van der Waals surface area contributed by atoms with Gasteiger partial charge >= 0.3 is 0 Å². The molecule has 1 aliphatic heterocycles. The summed E-state index contributed by atoms with van der Waals surface area (Å²) in [4.78, 5) is 14.2. The van der Waals surface area contributed by atoms with Gasteiger partial charge < -0.3 is 10.2 Å². The fourth-order valence-electron chi connectivity index (χ4n) is 3.82. The van der Waals surface area contributed by atoms with Crippen molar-refractivity contribution >= 4 is 5.91 Å². The molecule has 0 aromatic heterocycles. The van der Waals surface area contributed by atoms with Gasteiger partial charge in [0.25, 0.3) is 0 Å². The zero-order valence-corrected chi connectivity index (χ0v) is 14.5. The Balaban J connectivity index is 1.90. The molecule has 21 heavy (non-hydrogen) atoms. The highest BCUT2D eigenvalue weighted by Gasteiger charge is 2.32. The molecule has 0 spiro atoms. The van der Waals surface area contributed by atoms with E-state index in [2.05, 4.69) is 31.0 Å². The van der Waals surface area contributed by atoms with E-state index in [1.54, 1.807) is 0 Å². The minimum absolute atomic E-state index is 0.323. The van der Waals surface area contributed by atoms with Gasteiger partial charge in [0, 0.05) is 25.6 Å². The number of hydrogen-bond donors (Lipinski definition) is 1. The third-order valence-electron chi connectivity index (χ3n) is 5.01. The fourth-order valence-corrected chi connectivity index (χ4v) is 3.82. The number of piperidine rings is 1. The molecule has 1 aliphatic carbocycles. The molecule has 3 heteroatoms. The van der Waals surface area contributed by atoms with Gasteiger partial charge in [-0.3, -0.25) is 4.79 Å². The maximum Gasteiger partial charge on any atom is 0.222 e. The van der Waals surface area contributed by atoms with E-state index in [0.29, 0.717) is 29.7 Å². The fraction of sp³-hybridized carbons (Fsp3) is 0.944. The third-order valence-corrected chi connectivity index (χ3v) is 5.01. The van der Waals surface area contributed by atoms with Gasteiger partial charge in [-0.2, -0.15) is 0 Å². The molecule has 1 heterocycles. The van der Waals surface area contributed by atoms with Crippen LogP contribution >= 0.6 is 0 Å². The zero-order valence-electron chi connectivity index (χ0n) is 14.5. The summed E-state index contributed by atoms with van der Waals surface area (Å²) in [5.74, 6) is 1.86. The summed E-state index contributed by atoms with van der Waals surface area (Å²) in [7, 11) is 0. The molecule has 2 atom stereocenters. The highest BCUT2D eigenvalue weighted by molar-refractivity contribution is 5.76. The van der Waals surface area contributed by atoms with E-state index in [1.165, 1.54) is 32.1 Å². The zero-order chi connectivity index (χ0) is 15.5. The molecule has 2 rings (SSSR count). The van der Waals surface area contributed by atoms with Crippen molar-refractivity contribution in [1.82, 2.24) is 10.2 Å². The number of nitrogens with zero attached hydrogens (tertiary/aromatic N) is 1. The van der Waals surface area contributed by atoms with Crippen LogP contribution in [0, 0.1) is 17.3 Å². The van der Waals surface area contributed by atoms with Gasteiger partial charge in [0.15, 0.2) is 0 Å². The Labute approximate surface area is 130 Å². The van der Waals surface area contributed by atoms with Crippen molar-refractivity contribution in [2.45, 2.75) is 72.3 Å². The largest absolute Gasteiger partial charge is 0.341 e. The number of carbonyl (C=O) groups is 1. The normalized spacial score (nSPS) is 27.5. The van der Waals surface area contributed by atoms with Crippen molar-refractivity contribution in [1.29, 1.82) is 0 Å². The Kier molecular flexibility index (Phi) is 5.70. The van der Waals surface area contributed by atoms with E-state index in [9.17, 15) is 4.79 Å². The molecule has 1 saturated carbocycles. The quantitative estimate of drug-likeness (QED) is 0.842. The van der Waals surface area contributed by atoms with Crippen LogP contribution < -0.4 is 5.32 Å². The van der Waals surface area contributed by atoms with E-state index in [4.69, 9.17) is 0 Å². The van der Waals surface area contributed by atoms with Crippen molar-refractivity contribution in [3.63, 3.8) is 0 Å². The van der Waals surface area contributed by atoms with E-state index in [-0.39, 0.29) is 0 Å². The first kappa shape index (κ1) is 16.8. The van der Waals surface area contributed by atoms with E-state index in [0.717, 1.165) is 25.6 Å². The summed E-state index contributed by atoms with van der Waals surface area (Å²) in [6.45, 7) is 11.9. The van der Waals surface area contributed by atoms with Gasteiger partial charge in [-0.05, 0) is 49.5 Å². The molecule has 0 aromatic rings. The summed E-state index contributed by atoms with van der Waals surface area (Å²) in [5.41, 5.74) is 0.349. The summed E-state index contributed by atoms with van der Waals surface area (Å²) in [6, 6.07) is 0.502. The average molecular weight is 294 g/mol. The lowest BCUT2D eigenvalue weighted by Crippen LogP contribution is -2.52. The predicted octanol–water partition coefficient (Wildman–Crippen LogP) is 3.44. The third kappa shape index (κ3) is 5.28.